The van der Waals surface area contributed by atoms with Gasteiger partial charge in [0.1, 0.15) is 10.8 Å². The van der Waals surface area contributed by atoms with Gasteiger partial charge in [-0.2, -0.15) is 0 Å². The molecule has 0 spiro atoms. The molecule has 2 N–H and O–H groups in total. The Morgan fingerprint density at radius 3 is 2.94 bits per heavy atom. The quantitative estimate of drug-likeness (QED) is 0.702. The Labute approximate surface area is 107 Å². The number of aryl methyl sites for hydroxylation is 1. The molecule has 0 aliphatic heterocycles. The molecule has 0 saturated carbocycles. The third-order valence-corrected chi connectivity index (χ3v) is 3.17. The van der Waals surface area contributed by atoms with Crippen LogP contribution < -0.4 is 5.73 Å². The van der Waals surface area contributed by atoms with Gasteiger partial charge in [-0.1, -0.05) is 0 Å². The normalized spacial score (nSPS) is 10.9. The average molecular weight is 258 g/mol. The molecule has 90 valence electrons. The first-order valence-electron chi connectivity index (χ1n) is 5.29. The van der Waals surface area contributed by atoms with Gasteiger partial charge in [0.25, 0.3) is 0 Å². The van der Waals surface area contributed by atoms with Gasteiger partial charge in [-0.25, -0.2) is 19.9 Å². The highest BCUT2D eigenvalue weighted by molar-refractivity contribution is 7.99. The maximum absolute atomic E-state index is 5.75. The second-order valence-corrected chi connectivity index (χ2v) is 4.67. The van der Waals surface area contributed by atoms with E-state index in [1.54, 1.807) is 18.6 Å². The summed E-state index contributed by atoms with van der Waals surface area (Å²) in [6, 6.07) is 1.85. The van der Waals surface area contributed by atoms with Crippen LogP contribution in [0.25, 0.3) is 5.65 Å². The maximum Gasteiger partial charge on any atom is 0.194 e. The molecule has 3 heterocycles. The second-order valence-electron chi connectivity index (χ2n) is 3.71. The minimum absolute atomic E-state index is 0.440. The van der Waals surface area contributed by atoms with E-state index in [9.17, 15) is 0 Å². The minimum Gasteiger partial charge on any atom is -0.382 e. The molecule has 7 heteroatoms. The Morgan fingerprint density at radius 1 is 1.22 bits per heavy atom. The largest absolute Gasteiger partial charge is 0.382 e. The fraction of sp³-hybridized carbons (Fsp3) is 0.0909. The van der Waals surface area contributed by atoms with Crippen molar-refractivity contribution in [3.63, 3.8) is 0 Å². The van der Waals surface area contributed by atoms with Gasteiger partial charge in [-0.05, 0) is 24.8 Å². The molecule has 0 aliphatic carbocycles. The fourth-order valence-corrected chi connectivity index (χ4v) is 2.43. The number of nitrogens with two attached hydrogens (primary N) is 1. The number of hydrogen-bond donors (Lipinski definition) is 1. The third-order valence-electron chi connectivity index (χ3n) is 2.32. The number of fused-ring (bicyclic) bond motifs is 1. The molecule has 18 heavy (non-hydrogen) atoms. The molecule has 0 aromatic carbocycles. The molecule has 3 aromatic heterocycles. The molecule has 0 saturated heterocycles. The van der Waals surface area contributed by atoms with E-state index < -0.39 is 0 Å². The molecular formula is C11H10N6S. The molecule has 0 amide bonds. The van der Waals surface area contributed by atoms with Gasteiger partial charge in [0.2, 0.25) is 0 Å². The monoisotopic (exact) mass is 258 g/mol. The van der Waals surface area contributed by atoms with Gasteiger partial charge in [0, 0.05) is 24.3 Å². The first kappa shape index (κ1) is 11.0. The first-order valence-corrected chi connectivity index (χ1v) is 6.11. The van der Waals surface area contributed by atoms with E-state index in [4.69, 9.17) is 5.73 Å². The highest BCUT2D eigenvalue weighted by Gasteiger charge is 2.09. The van der Waals surface area contributed by atoms with Crippen LogP contribution in [0.3, 0.4) is 0 Å². The number of nitrogen functional groups attached to an aromatic ring is 1. The lowest BCUT2D eigenvalue weighted by atomic mass is 10.5. The van der Waals surface area contributed by atoms with Crippen molar-refractivity contribution in [1.29, 1.82) is 0 Å². The lowest BCUT2D eigenvalue weighted by molar-refractivity contribution is 0.926. The van der Waals surface area contributed by atoms with Crippen LogP contribution in [-0.2, 0) is 0 Å². The molecule has 3 aromatic rings. The van der Waals surface area contributed by atoms with Crippen molar-refractivity contribution in [3.8, 4) is 0 Å². The van der Waals surface area contributed by atoms with E-state index in [-0.39, 0.29) is 0 Å². The molecule has 0 bridgehead atoms. The summed E-state index contributed by atoms with van der Waals surface area (Å²) in [7, 11) is 0. The molecule has 0 fully saturated rings. The van der Waals surface area contributed by atoms with Crippen molar-refractivity contribution in [3.05, 3.63) is 36.5 Å². The maximum atomic E-state index is 5.75. The van der Waals surface area contributed by atoms with Crippen molar-refractivity contribution in [2.45, 2.75) is 17.1 Å². The van der Waals surface area contributed by atoms with Crippen LogP contribution in [0, 0.1) is 6.92 Å². The molecule has 0 unspecified atom stereocenters. The fourth-order valence-electron chi connectivity index (χ4n) is 1.55. The summed E-state index contributed by atoms with van der Waals surface area (Å²) in [5.74, 6) is 0.440. The zero-order chi connectivity index (χ0) is 12.5. The van der Waals surface area contributed by atoms with Gasteiger partial charge in [0.15, 0.2) is 10.8 Å². The lowest BCUT2D eigenvalue weighted by Crippen LogP contribution is -1.98. The predicted molar refractivity (Wildman–Crippen MR) is 68.3 cm³/mol. The Kier molecular flexibility index (Phi) is 2.60. The Bertz CT molecular complexity index is 708. The summed E-state index contributed by atoms with van der Waals surface area (Å²) in [6.07, 6.45) is 6.98. The predicted octanol–water partition coefficient (Wildman–Crippen LogP) is 1.56. The van der Waals surface area contributed by atoms with Crippen LogP contribution >= 0.6 is 11.8 Å². The van der Waals surface area contributed by atoms with Gasteiger partial charge >= 0.3 is 0 Å². The summed E-state index contributed by atoms with van der Waals surface area (Å²) < 4.78 is 1.83. The van der Waals surface area contributed by atoms with Crippen LogP contribution in [0.1, 0.15) is 5.69 Å². The van der Waals surface area contributed by atoms with E-state index in [1.807, 2.05) is 23.6 Å². The van der Waals surface area contributed by atoms with Gasteiger partial charge in [-0.15, -0.1) is 0 Å². The summed E-state index contributed by atoms with van der Waals surface area (Å²) in [5, 5.41) is 1.34. The van der Waals surface area contributed by atoms with Gasteiger partial charge < -0.3 is 10.1 Å². The zero-order valence-electron chi connectivity index (χ0n) is 9.61. The van der Waals surface area contributed by atoms with Crippen LogP contribution in [0.2, 0.25) is 0 Å². The van der Waals surface area contributed by atoms with E-state index >= 15 is 0 Å². The van der Waals surface area contributed by atoms with Crippen molar-refractivity contribution >= 4 is 23.2 Å². The number of nitrogens with zero attached hydrogens (tertiary/aromatic N) is 5. The number of rotatable bonds is 2. The summed E-state index contributed by atoms with van der Waals surface area (Å²) in [4.78, 5) is 17.0. The zero-order valence-corrected chi connectivity index (χ0v) is 10.4. The van der Waals surface area contributed by atoms with Gasteiger partial charge in [-0.3, -0.25) is 0 Å². The average Bonchev–Trinajstić information content (AvgIpc) is 2.77. The van der Waals surface area contributed by atoms with Crippen molar-refractivity contribution < 1.29 is 0 Å². The molecule has 6 nitrogen and oxygen atoms in total. The molecular weight excluding hydrogens is 248 g/mol. The summed E-state index contributed by atoms with van der Waals surface area (Å²) >= 11 is 1.35. The molecule has 3 rings (SSSR count). The van der Waals surface area contributed by atoms with Crippen LogP contribution in [0.15, 0.2) is 41.0 Å². The Balaban J connectivity index is 2.06. The standard InChI is InChI=1S/C11H10N6S/c1-7-2-3-14-11(15-7)18-10-9-13-4-5-17(9)6-8(12)16-10/h2-6H,12H2,1H3. The van der Waals surface area contributed by atoms with Crippen LogP contribution in [0.5, 0.6) is 0 Å². The molecule has 0 aliphatic rings. The van der Waals surface area contributed by atoms with Gasteiger partial charge in [0.05, 0.1) is 6.20 Å². The summed E-state index contributed by atoms with van der Waals surface area (Å²) in [6.45, 7) is 1.92. The SMILES string of the molecule is Cc1ccnc(Sc2nc(N)cn3ccnc23)n1. The Hall–Kier alpha value is -2.15. The Morgan fingerprint density at radius 2 is 2.11 bits per heavy atom. The molecule has 0 atom stereocenters. The lowest BCUT2D eigenvalue weighted by Gasteiger charge is -2.03. The number of imidazole rings is 1. The van der Waals surface area contributed by atoms with E-state index in [1.165, 1.54) is 11.8 Å². The van der Waals surface area contributed by atoms with E-state index in [2.05, 4.69) is 19.9 Å². The highest BCUT2D eigenvalue weighted by Crippen LogP contribution is 2.26. The third kappa shape index (κ3) is 2.00. The molecule has 0 radical (unpaired) electrons. The summed E-state index contributed by atoms with van der Waals surface area (Å²) in [5.41, 5.74) is 7.42. The van der Waals surface area contributed by atoms with Crippen molar-refractivity contribution in [2.75, 3.05) is 5.73 Å². The number of anilines is 1. The van der Waals surface area contributed by atoms with Crippen LogP contribution in [0.4, 0.5) is 5.82 Å². The second kappa shape index (κ2) is 4.26. The van der Waals surface area contributed by atoms with Crippen molar-refractivity contribution in [2.24, 2.45) is 0 Å². The smallest absolute Gasteiger partial charge is 0.194 e. The van der Waals surface area contributed by atoms with E-state index in [0.29, 0.717) is 16.0 Å². The minimum atomic E-state index is 0.440. The number of hydrogen-bond acceptors (Lipinski definition) is 6. The number of aromatic nitrogens is 5. The van der Waals surface area contributed by atoms with E-state index in [0.717, 1.165) is 11.3 Å². The topological polar surface area (TPSA) is 82.0 Å². The first-order chi connectivity index (χ1) is 8.72. The van der Waals surface area contributed by atoms with Crippen LogP contribution in [-0.4, -0.2) is 24.3 Å². The van der Waals surface area contributed by atoms with Crippen molar-refractivity contribution in [1.82, 2.24) is 24.3 Å². The highest BCUT2D eigenvalue weighted by atomic mass is 32.2.